The van der Waals surface area contributed by atoms with Gasteiger partial charge in [0.25, 0.3) is 0 Å². The van der Waals surface area contributed by atoms with Crippen molar-refractivity contribution in [1.82, 2.24) is 5.43 Å². The third-order valence-electron chi connectivity index (χ3n) is 4.43. The minimum Gasteiger partial charge on any atom is -0.489 e. The maximum atomic E-state index is 13.7. The van der Waals surface area contributed by atoms with Crippen molar-refractivity contribution in [2.24, 2.45) is 5.10 Å². The van der Waals surface area contributed by atoms with Crippen LogP contribution in [0.15, 0.2) is 77.9 Å². The molecule has 2 amide bonds. The second-order valence-corrected chi connectivity index (χ2v) is 6.69. The number of ether oxygens (including phenoxy) is 1. The first kappa shape index (κ1) is 22.2. The fourth-order valence-corrected chi connectivity index (χ4v) is 2.63. The summed E-state index contributed by atoms with van der Waals surface area (Å²) >= 11 is 0. The third-order valence-corrected chi connectivity index (χ3v) is 4.43. The minimum absolute atomic E-state index is 0.101. The van der Waals surface area contributed by atoms with E-state index in [1.54, 1.807) is 49.4 Å². The molecule has 7 nitrogen and oxygen atoms in total. The summed E-state index contributed by atoms with van der Waals surface area (Å²) in [5, 5.41) is 15.1. The van der Waals surface area contributed by atoms with E-state index in [1.807, 2.05) is 6.07 Å². The molecule has 160 valence electrons. The van der Waals surface area contributed by atoms with Crippen LogP contribution in [0, 0.1) is 17.1 Å². The van der Waals surface area contributed by atoms with E-state index in [0.29, 0.717) is 33.8 Å². The summed E-state index contributed by atoms with van der Waals surface area (Å²) in [4.78, 5) is 23.9. The van der Waals surface area contributed by atoms with E-state index in [4.69, 9.17) is 10.00 Å². The second kappa shape index (κ2) is 10.5. The molecule has 0 heterocycles. The van der Waals surface area contributed by atoms with E-state index >= 15 is 0 Å². The SMILES string of the molecule is C/C(=N\NC(=O)C(=O)Nc1ccc(C#N)cc1)c1ccc(OCc2ccccc2F)cc1. The van der Waals surface area contributed by atoms with Crippen LogP contribution >= 0.6 is 0 Å². The number of hydrogen-bond donors (Lipinski definition) is 2. The van der Waals surface area contributed by atoms with Crippen molar-refractivity contribution in [3.63, 3.8) is 0 Å². The van der Waals surface area contributed by atoms with Crippen molar-refractivity contribution >= 4 is 23.2 Å². The normalized spacial score (nSPS) is 10.7. The molecule has 0 aliphatic heterocycles. The Kier molecular flexibility index (Phi) is 7.28. The molecule has 0 atom stereocenters. The number of anilines is 1. The molecule has 0 aliphatic carbocycles. The molecule has 8 heteroatoms. The van der Waals surface area contributed by atoms with Gasteiger partial charge in [0, 0.05) is 11.3 Å². The highest BCUT2D eigenvalue weighted by Gasteiger charge is 2.13. The van der Waals surface area contributed by atoms with Gasteiger partial charge in [-0.3, -0.25) is 9.59 Å². The van der Waals surface area contributed by atoms with Crippen LogP contribution < -0.4 is 15.5 Å². The maximum absolute atomic E-state index is 13.7. The van der Waals surface area contributed by atoms with Crippen LogP contribution in [0.4, 0.5) is 10.1 Å². The number of benzene rings is 3. The van der Waals surface area contributed by atoms with Crippen LogP contribution in [0.25, 0.3) is 0 Å². The largest absolute Gasteiger partial charge is 0.489 e. The van der Waals surface area contributed by atoms with Gasteiger partial charge < -0.3 is 10.1 Å². The Hall–Kier alpha value is -4.51. The lowest BCUT2D eigenvalue weighted by Crippen LogP contribution is -2.32. The predicted molar refractivity (Wildman–Crippen MR) is 117 cm³/mol. The van der Waals surface area contributed by atoms with Crippen LogP contribution in [0.1, 0.15) is 23.6 Å². The summed E-state index contributed by atoms with van der Waals surface area (Å²) in [7, 11) is 0. The number of hydrazone groups is 1. The molecule has 0 aliphatic rings. The first-order chi connectivity index (χ1) is 15.5. The number of amides is 2. The molecule has 0 radical (unpaired) electrons. The molecular formula is C24H19FN4O3. The number of hydrogen-bond acceptors (Lipinski definition) is 5. The first-order valence-corrected chi connectivity index (χ1v) is 9.58. The Morgan fingerprint density at radius 3 is 2.34 bits per heavy atom. The number of nitriles is 1. The van der Waals surface area contributed by atoms with Gasteiger partial charge in [0.15, 0.2) is 0 Å². The maximum Gasteiger partial charge on any atom is 0.329 e. The molecule has 3 rings (SSSR count). The summed E-state index contributed by atoms with van der Waals surface area (Å²) in [6.07, 6.45) is 0. The van der Waals surface area contributed by atoms with Crippen molar-refractivity contribution in [2.75, 3.05) is 5.32 Å². The Balaban J connectivity index is 1.53. The van der Waals surface area contributed by atoms with Crippen LogP contribution in [0.2, 0.25) is 0 Å². The average Bonchev–Trinajstić information content (AvgIpc) is 2.82. The molecule has 32 heavy (non-hydrogen) atoms. The molecule has 0 saturated heterocycles. The van der Waals surface area contributed by atoms with E-state index in [-0.39, 0.29) is 12.4 Å². The van der Waals surface area contributed by atoms with Crippen molar-refractivity contribution in [3.05, 3.63) is 95.3 Å². The average molecular weight is 430 g/mol. The smallest absolute Gasteiger partial charge is 0.329 e. The fourth-order valence-electron chi connectivity index (χ4n) is 2.63. The Morgan fingerprint density at radius 1 is 1.00 bits per heavy atom. The van der Waals surface area contributed by atoms with Gasteiger partial charge in [-0.1, -0.05) is 18.2 Å². The Bertz CT molecular complexity index is 1180. The summed E-state index contributed by atoms with van der Waals surface area (Å²) < 4.78 is 19.2. The van der Waals surface area contributed by atoms with Gasteiger partial charge >= 0.3 is 11.8 Å². The molecule has 3 aromatic rings. The topological polar surface area (TPSA) is 104 Å². The van der Waals surface area contributed by atoms with Crippen LogP contribution in [0.5, 0.6) is 5.75 Å². The first-order valence-electron chi connectivity index (χ1n) is 9.58. The van der Waals surface area contributed by atoms with E-state index in [9.17, 15) is 14.0 Å². The zero-order valence-corrected chi connectivity index (χ0v) is 17.1. The standard InChI is InChI=1S/C24H19FN4O3/c1-16(28-29-24(31)23(30)27-20-10-6-17(14-26)7-11-20)18-8-12-21(13-9-18)32-15-19-4-2-3-5-22(19)25/h2-13H,15H2,1H3,(H,27,30)(H,29,31)/b28-16+. The molecule has 0 fully saturated rings. The van der Waals surface area contributed by atoms with Gasteiger partial charge in [0.05, 0.1) is 17.3 Å². The third kappa shape index (κ3) is 6.00. The summed E-state index contributed by atoms with van der Waals surface area (Å²) in [5.41, 5.74) is 4.67. The minimum atomic E-state index is -0.932. The van der Waals surface area contributed by atoms with E-state index in [0.717, 1.165) is 0 Å². The zero-order valence-electron chi connectivity index (χ0n) is 17.1. The predicted octanol–water partition coefficient (Wildman–Crippen LogP) is 3.76. The quantitative estimate of drug-likeness (QED) is 0.353. The van der Waals surface area contributed by atoms with Gasteiger partial charge in [-0.15, -0.1) is 0 Å². The van der Waals surface area contributed by atoms with Crippen LogP contribution in [-0.2, 0) is 16.2 Å². The van der Waals surface area contributed by atoms with Crippen LogP contribution in [0.3, 0.4) is 0 Å². The number of nitrogens with one attached hydrogen (secondary N) is 2. The van der Waals surface area contributed by atoms with Crippen molar-refractivity contribution in [2.45, 2.75) is 13.5 Å². The lowest BCUT2D eigenvalue weighted by atomic mass is 10.1. The highest BCUT2D eigenvalue weighted by atomic mass is 19.1. The highest BCUT2D eigenvalue weighted by Crippen LogP contribution is 2.16. The number of carbonyl (C=O) groups excluding carboxylic acids is 2. The summed E-state index contributed by atoms with van der Waals surface area (Å²) in [5.74, 6) is -1.59. The molecule has 0 saturated carbocycles. The monoisotopic (exact) mass is 430 g/mol. The number of rotatable bonds is 6. The summed E-state index contributed by atoms with van der Waals surface area (Å²) in [6, 6.07) is 21.3. The zero-order chi connectivity index (χ0) is 22.9. The van der Waals surface area contributed by atoms with Crippen molar-refractivity contribution in [1.29, 1.82) is 5.26 Å². The number of nitrogens with zero attached hydrogens (tertiary/aromatic N) is 2. The molecule has 0 aromatic heterocycles. The summed E-state index contributed by atoms with van der Waals surface area (Å²) in [6.45, 7) is 1.78. The van der Waals surface area contributed by atoms with Gasteiger partial charge in [-0.2, -0.15) is 10.4 Å². The van der Waals surface area contributed by atoms with E-state index in [2.05, 4.69) is 15.8 Å². The van der Waals surface area contributed by atoms with Gasteiger partial charge in [-0.05, 0) is 67.1 Å². The van der Waals surface area contributed by atoms with Crippen LogP contribution in [-0.4, -0.2) is 17.5 Å². The Labute approximate surface area is 184 Å². The second-order valence-electron chi connectivity index (χ2n) is 6.69. The van der Waals surface area contributed by atoms with Crippen molar-refractivity contribution in [3.8, 4) is 11.8 Å². The van der Waals surface area contributed by atoms with Gasteiger partial charge in [-0.25, -0.2) is 9.82 Å². The highest BCUT2D eigenvalue weighted by molar-refractivity contribution is 6.39. The molecule has 0 spiro atoms. The fraction of sp³-hybridized carbons (Fsp3) is 0.0833. The van der Waals surface area contributed by atoms with Gasteiger partial charge in [0.2, 0.25) is 0 Å². The number of carbonyl (C=O) groups is 2. The molecule has 0 unspecified atom stereocenters. The number of halogens is 1. The van der Waals surface area contributed by atoms with Gasteiger partial charge in [0.1, 0.15) is 18.2 Å². The molecule has 0 bridgehead atoms. The molecule has 2 N–H and O–H groups in total. The van der Waals surface area contributed by atoms with E-state index < -0.39 is 11.8 Å². The lowest BCUT2D eigenvalue weighted by molar-refractivity contribution is -0.136. The van der Waals surface area contributed by atoms with Crippen molar-refractivity contribution < 1.29 is 18.7 Å². The molecule has 3 aromatic carbocycles. The molecular weight excluding hydrogens is 411 g/mol. The van der Waals surface area contributed by atoms with E-state index in [1.165, 1.54) is 30.3 Å². The Morgan fingerprint density at radius 2 is 1.69 bits per heavy atom. The lowest BCUT2D eigenvalue weighted by Gasteiger charge is -2.08.